The van der Waals surface area contributed by atoms with Crippen molar-refractivity contribution in [3.63, 3.8) is 0 Å². The third kappa shape index (κ3) is 3.97. The van der Waals surface area contributed by atoms with Crippen LogP contribution in [0.1, 0.15) is 34.3 Å². The van der Waals surface area contributed by atoms with E-state index in [9.17, 15) is 24.8 Å². The summed E-state index contributed by atoms with van der Waals surface area (Å²) in [5.74, 6) is -2.14. The molecule has 0 saturated heterocycles. The molecule has 2 rings (SSSR count). The van der Waals surface area contributed by atoms with E-state index in [2.05, 4.69) is 0 Å². The maximum atomic E-state index is 11.6. The van der Waals surface area contributed by atoms with Gasteiger partial charge in [-0.15, -0.1) is 0 Å². The number of carboxylic acids is 1. The number of nitro groups is 1. The fourth-order valence-corrected chi connectivity index (χ4v) is 2.66. The Labute approximate surface area is 142 Å². The van der Waals surface area contributed by atoms with E-state index in [1.807, 2.05) is 0 Å². The van der Waals surface area contributed by atoms with E-state index in [4.69, 9.17) is 11.6 Å². The second kappa shape index (κ2) is 7.23. The highest BCUT2D eigenvalue weighted by atomic mass is 35.5. The zero-order chi connectivity index (χ0) is 17.9. The highest BCUT2D eigenvalue weighted by Crippen LogP contribution is 2.29. The molecule has 6 nitrogen and oxygen atoms in total. The molecule has 2 aromatic rings. The van der Waals surface area contributed by atoms with Crippen LogP contribution in [-0.2, 0) is 11.2 Å². The number of benzene rings is 2. The summed E-state index contributed by atoms with van der Waals surface area (Å²) in [7, 11) is 0. The summed E-state index contributed by atoms with van der Waals surface area (Å²) in [5, 5.41) is 20.4. The largest absolute Gasteiger partial charge is 0.481 e. The number of Topliss-reactive ketones (excluding diaryl/α,β-unsaturated/α-hetero) is 1. The SMILES string of the molecule is CC(=O)c1ccc(C(Cc2ccc([N+](=O)[O-])cc2)C(=O)O)c(Cl)c1. The number of carbonyl (C=O) groups excluding carboxylic acids is 1. The Hall–Kier alpha value is -2.73. The van der Waals surface area contributed by atoms with Crippen LogP contribution in [-0.4, -0.2) is 21.8 Å². The summed E-state index contributed by atoms with van der Waals surface area (Å²) >= 11 is 6.14. The topological polar surface area (TPSA) is 97.5 Å². The molecule has 0 aliphatic carbocycles. The summed E-state index contributed by atoms with van der Waals surface area (Å²) in [4.78, 5) is 33.1. The Morgan fingerprint density at radius 3 is 2.29 bits per heavy atom. The zero-order valence-electron chi connectivity index (χ0n) is 12.7. The molecule has 0 fully saturated rings. The number of rotatable bonds is 6. The maximum Gasteiger partial charge on any atom is 0.311 e. The Kier molecular flexibility index (Phi) is 5.31. The number of aliphatic carboxylic acids is 1. The highest BCUT2D eigenvalue weighted by molar-refractivity contribution is 6.32. The monoisotopic (exact) mass is 347 g/mol. The van der Waals surface area contributed by atoms with Crippen molar-refractivity contribution in [1.82, 2.24) is 0 Å². The second-order valence-electron chi connectivity index (χ2n) is 5.31. The molecule has 0 amide bonds. The van der Waals surface area contributed by atoms with Crippen LogP contribution < -0.4 is 0 Å². The van der Waals surface area contributed by atoms with Crippen molar-refractivity contribution in [3.05, 3.63) is 74.3 Å². The second-order valence-corrected chi connectivity index (χ2v) is 5.72. The molecule has 0 aliphatic heterocycles. The molecular weight excluding hydrogens is 334 g/mol. The summed E-state index contributed by atoms with van der Waals surface area (Å²) in [6.45, 7) is 1.40. The standard InChI is InChI=1S/C17H14ClNO5/c1-10(20)12-4-7-14(16(18)9-12)15(17(21)22)8-11-2-5-13(6-3-11)19(23)24/h2-7,9,15H,8H2,1H3,(H,21,22). The smallest absolute Gasteiger partial charge is 0.311 e. The Balaban J connectivity index is 2.31. The molecule has 124 valence electrons. The molecule has 1 unspecified atom stereocenters. The fourth-order valence-electron chi connectivity index (χ4n) is 2.35. The number of halogens is 1. The first-order valence-electron chi connectivity index (χ1n) is 7.06. The minimum atomic E-state index is -1.06. The van der Waals surface area contributed by atoms with Gasteiger partial charge in [-0.25, -0.2) is 0 Å². The number of nitro benzene ring substituents is 1. The van der Waals surface area contributed by atoms with Crippen LogP contribution in [0.4, 0.5) is 5.69 Å². The lowest BCUT2D eigenvalue weighted by Crippen LogP contribution is -2.15. The molecule has 0 spiro atoms. The summed E-state index contributed by atoms with van der Waals surface area (Å²) in [6.07, 6.45) is 0.131. The van der Waals surface area contributed by atoms with Gasteiger partial charge in [0.05, 0.1) is 10.8 Å². The van der Waals surface area contributed by atoms with Crippen LogP contribution in [0.5, 0.6) is 0 Å². The van der Waals surface area contributed by atoms with Gasteiger partial charge in [-0.3, -0.25) is 19.7 Å². The van der Waals surface area contributed by atoms with Crippen molar-refractivity contribution in [2.75, 3.05) is 0 Å². The molecule has 0 bridgehead atoms. The van der Waals surface area contributed by atoms with Gasteiger partial charge in [0.2, 0.25) is 0 Å². The van der Waals surface area contributed by atoms with E-state index < -0.39 is 16.8 Å². The first-order valence-corrected chi connectivity index (χ1v) is 7.44. The van der Waals surface area contributed by atoms with Crippen molar-refractivity contribution >= 4 is 29.0 Å². The fraction of sp³-hybridized carbons (Fsp3) is 0.176. The van der Waals surface area contributed by atoms with E-state index in [0.29, 0.717) is 16.7 Å². The highest BCUT2D eigenvalue weighted by Gasteiger charge is 2.23. The van der Waals surface area contributed by atoms with Crippen molar-refractivity contribution in [2.45, 2.75) is 19.3 Å². The van der Waals surface area contributed by atoms with Gasteiger partial charge >= 0.3 is 5.97 Å². The summed E-state index contributed by atoms with van der Waals surface area (Å²) in [5.41, 5.74) is 1.38. The third-order valence-corrected chi connectivity index (χ3v) is 3.99. The van der Waals surface area contributed by atoms with Gasteiger partial charge in [0, 0.05) is 22.7 Å². The molecule has 0 aliphatic rings. The van der Waals surface area contributed by atoms with Crippen LogP contribution in [0.2, 0.25) is 5.02 Å². The lowest BCUT2D eigenvalue weighted by Gasteiger charge is -2.15. The van der Waals surface area contributed by atoms with Gasteiger partial charge in [0.25, 0.3) is 5.69 Å². The van der Waals surface area contributed by atoms with Crippen LogP contribution in [0.3, 0.4) is 0 Å². The number of nitrogens with zero attached hydrogens (tertiary/aromatic N) is 1. The Bertz CT molecular complexity index is 801. The predicted octanol–water partition coefficient (Wildman–Crippen LogP) is 3.86. The lowest BCUT2D eigenvalue weighted by molar-refractivity contribution is -0.384. The number of carbonyl (C=O) groups is 2. The minimum Gasteiger partial charge on any atom is -0.481 e. The first kappa shape index (κ1) is 17.6. The van der Waals surface area contributed by atoms with Crippen molar-refractivity contribution in [3.8, 4) is 0 Å². The van der Waals surface area contributed by atoms with E-state index in [1.165, 1.54) is 49.4 Å². The Morgan fingerprint density at radius 1 is 1.21 bits per heavy atom. The number of ketones is 1. The number of hydrogen-bond donors (Lipinski definition) is 1. The molecule has 0 heterocycles. The average molecular weight is 348 g/mol. The van der Waals surface area contributed by atoms with E-state index >= 15 is 0 Å². The van der Waals surface area contributed by atoms with Crippen molar-refractivity contribution < 1.29 is 19.6 Å². The number of carboxylic acid groups (broad SMARTS) is 1. The van der Waals surface area contributed by atoms with E-state index in [1.54, 1.807) is 0 Å². The van der Waals surface area contributed by atoms with E-state index in [0.717, 1.165) is 0 Å². The molecule has 0 saturated carbocycles. The van der Waals surface area contributed by atoms with Gasteiger partial charge < -0.3 is 5.11 Å². The van der Waals surface area contributed by atoms with Gasteiger partial charge in [0.1, 0.15) is 0 Å². The first-order chi connectivity index (χ1) is 11.3. The Morgan fingerprint density at radius 2 is 1.83 bits per heavy atom. The molecule has 1 N–H and O–H groups in total. The molecular formula is C17H14ClNO5. The summed E-state index contributed by atoms with van der Waals surface area (Å²) in [6, 6.07) is 10.2. The van der Waals surface area contributed by atoms with Crippen LogP contribution in [0.25, 0.3) is 0 Å². The number of hydrogen-bond acceptors (Lipinski definition) is 4. The van der Waals surface area contributed by atoms with Crippen LogP contribution in [0.15, 0.2) is 42.5 Å². The van der Waals surface area contributed by atoms with Crippen molar-refractivity contribution in [2.24, 2.45) is 0 Å². The number of non-ortho nitro benzene ring substituents is 1. The quantitative estimate of drug-likeness (QED) is 0.486. The molecule has 24 heavy (non-hydrogen) atoms. The normalized spacial score (nSPS) is 11.8. The van der Waals surface area contributed by atoms with E-state index in [-0.39, 0.29) is 22.9 Å². The lowest BCUT2D eigenvalue weighted by atomic mass is 9.91. The zero-order valence-corrected chi connectivity index (χ0v) is 13.5. The van der Waals surface area contributed by atoms with Gasteiger partial charge in [-0.2, -0.15) is 0 Å². The average Bonchev–Trinajstić information content (AvgIpc) is 2.53. The maximum absolute atomic E-state index is 11.6. The molecule has 0 aromatic heterocycles. The third-order valence-electron chi connectivity index (χ3n) is 3.67. The molecule has 2 aromatic carbocycles. The molecule has 1 atom stereocenters. The van der Waals surface area contributed by atoms with Gasteiger partial charge in [-0.05, 0) is 30.5 Å². The summed E-state index contributed by atoms with van der Waals surface area (Å²) < 4.78 is 0. The van der Waals surface area contributed by atoms with Crippen molar-refractivity contribution in [1.29, 1.82) is 0 Å². The molecule has 0 radical (unpaired) electrons. The van der Waals surface area contributed by atoms with Gasteiger partial charge in [-0.1, -0.05) is 35.9 Å². The predicted molar refractivity (Wildman–Crippen MR) is 88.6 cm³/mol. The van der Waals surface area contributed by atoms with Crippen LogP contribution >= 0.6 is 11.6 Å². The minimum absolute atomic E-state index is 0.0607. The van der Waals surface area contributed by atoms with Crippen LogP contribution in [0, 0.1) is 10.1 Å². The van der Waals surface area contributed by atoms with Gasteiger partial charge in [0.15, 0.2) is 5.78 Å². The molecule has 7 heteroatoms.